The van der Waals surface area contributed by atoms with Crippen LogP contribution in [0.15, 0.2) is 38.6 Å². The first-order chi connectivity index (χ1) is 10.1. The van der Waals surface area contributed by atoms with Gasteiger partial charge in [0, 0.05) is 20.4 Å². The quantitative estimate of drug-likeness (QED) is 0.670. The Morgan fingerprint density at radius 2 is 2.05 bits per heavy atom. The lowest BCUT2D eigenvalue weighted by molar-refractivity contribution is 0.0359. The van der Waals surface area contributed by atoms with Gasteiger partial charge in [0.2, 0.25) is 0 Å². The lowest BCUT2D eigenvalue weighted by Crippen LogP contribution is -2.25. The molecule has 2 rings (SSSR count). The zero-order valence-corrected chi connectivity index (χ0v) is 15.6. The molecule has 0 saturated carbocycles. The number of aryl methyl sites for hydroxylation is 1. The molecule has 0 aliphatic carbocycles. The molecule has 0 amide bonds. The highest BCUT2D eigenvalue weighted by Crippen LogP contribution is 2.32. The van der Waals surface area contributed by atoms with Crippen LogP contribution in [-0.4, -0.2) is 24.4 Å². The normalized spacial score (nSPS) is 12.4. The summed E-state index contributed by atoms with van der Waals surface area (Å²) in [4.78, 5) is 1.17. The maximum atomic E-state index is 9.96. The number of rotatable bonds is 7. The fraction of sp³-hybridized carbons (Fsp3) is 0.333. The molecule has 2 N–H and O–H groups in total. The van der Waals surface area contributed by atoms with Crippen molar-refractivity contribution in [3.8, 4) is 0 Å². The number of nitrogens with one attached hydrogen (secondary N) is 1. The molecule has 3 nitrogen and oxygen atoms in total. The molecule has 0 fully saturated rings. The van der Waals surface area contributed by atoms with Gasteiger partial charge in [0.15, 0.2) is 0 Å². The predicted molar refractivity (Wildman–Crippen MR) is 95.1 cm³/mol. The highest BCUT2D eigenvalue weighted by atomic mass is 79.9. The van der Waals surface area contributed by atoms with E-state index in [0.717, 1.165) is 14.6 Å². The van der Waals surface area contributed by atoms with Gasteiger partial charge >= 0.3 is 0 Å². The number of hydrogen-bond donors (Lipinski definition) is 2. The maximum absolute atomic E-state index is 9.96. The van der Waals surface area contributed by atoms with Crippen LogP contribution in [0.25, 0.3) is 0 Å². The predicted octanol–water partition coefficient (Wildman–Crippen LogP) is 4.57. The van der Waals surface area contributed by atoms with Crippen LogP contribution >= 0.6 is 43.2 Å². The van der Waals surface area contributed by atoms with E-state index in [2.05, 4.69) is 37.2 Å². The number of aliphatic hydroxyl groups excluding tert-OH is 1. The molecule has 1 aromatic heterocycles. The Morgan fingerprint density at radius 3 is 2.67 bits per heavy atom. The van der Waals surface area contributed by atoms with Crippen LogP contribution in [-0.2, 0) is 11.3 Å². The fourth-order valence-electron chi connectivity index (χ4n) is 1.84. The Kier molecular flexibility index (Phi) is 6.70. The van der Waals surface area contributed by atoms with Crippen LogP contribution in [0, 0.1) is 6.92 Å². The zero-order valence-electron chi connectivity index (χ0n) is 11.6. The van der Waals surface area contributed by atoms with Crippen LogP contribution in [0.5, 0.6) is 0 Å². The Hall–Kier alpha value is -0.400. The van der Waals surface area contributed by atoms with Crippen molar-refractivity contribution < 1.29 is 9.84 Å². The van der Waals surface area contributed by atoms with E-state index in [1.165, 1.54) is 10.4 Å². The Balaban J connectivity index is 1.77. The molecular formula is C15H17Br2NO2S. The largest absolute Gasteiger partial charge is 0.389 e. The summed E-state index contributed by atoms with van der Waals surface area (Å²) >= 11 is 8.70. The van der Waals surface area contributed by atoms with Gasteiger partial charge < -0.3 is 15.2 Å². The van der Waals surface area contributed by atoms with E-state index in [1.54, 1.807) is 11.3 Å². The number of hydrogen-bond acceptors (Lipinski definition) is 4. The number of benzene rings is 1. The van der Waals surface area contributed by atoms with E-state index in [0.29, 0.717) is 19.8 Å². The van der Waals surface area contributed by atoms with Crippen LogP contribution in [0.1, 0.15) is 10.4 Å². The van der Waals surface area contributed by atoms with Crippen molar-refractivity contribution in [3.63, 3.8) is 0 Å². The summed E-state index contributed by atoms with van der Waals surface area (Å²) in [6, 6.07) is 8.09. The van der Waals surface area contributed by atoms with Crippen LogP contribution in [0.4, 0.5) is 5.69 Å². The standard InChI is InChI=1S/C15H17Br2NO2S/c1-10-5-13(16)15(14(17)6-10)18-7-11(19)8-20-9-12-3-2-4-21-12/h2-6,11,18-19H,7-9H2,1H3. The summed E-state index contributed by atoms with van der Waals surface area (Å²) in [6.07, 6.45) is -0.551. The summed E-state index contributed by atoms with van der Waals surface area (Å²) in [7, 11) is 0. The maximum Gasteiger partial charge on any atom is 0.0945 e. The molecule has 0 spiro atoms. The zero-order chi connectivity index (χ0) is 15.2. The average molecular weight is 435 g/mol. The minimum absolute atomic E-state index is 0.312. The Labute approximate surface area is 145 Å². The molecule has 6 heteroatoms. The summed E-state index contributed by atoms with van der Waals surface area (Å²) in [5, 5.41) is 15.2. The van der Waals surface area contributed by atoms with Crippen LogP contribution in [0.2, 0.25) is 0 Å². The summed E-state index contributed by atoms with van der Waals surface area (Å²) < 4.78 is 7.45. The van der Waals surface area contributed by atoms with E-state index in [1.807, 2.05) is 36.6 Å². The van der Waals surface area contributed by atoms with Gasteiger partial charge in [-0.3, -0.25) is 0 Å². The summed E-state index contributed by atoms with van der Waals surface area (Å²) in [5.41, 5.74) is 2.11. The van der Waals surface area contributed by atoms with Gasteiger partial charge in [-0.15, -0.1) is 11.3 Å². The van der Waals surface area contributed by atoms with Crippen molar-refractivity contribution in [1.82, 2.24) is 0 Å². The molecule has 1 aromatic carbocycles. The second kappa shape index (κ2) is 8.29. The van der Waals surface area contributed by atoms with Crippen molar-refractivity contribution >= 4 is 48.9 Å². The number of aliphatic hydroxyl groups is 1. The Bertz CT molecular complexity index is 552. The van der Waals surface area contributed by atoms with E-state index in [-0.39, 0.29) is 0 Å². The molecule has 0 aliphatic heterocycles. The van der Waals surface area contributed by atoms with Gasteiger partial charge in [0.25, 0.3) is 0 Å². The second-order valence-corrected chi connectivity index (χ2v) is 7.47. The molecule has 0 saturated heterocycles. The summed E-state index contributed by atoms with van der Waals surface area (Å²) in [5.74, 6) is 0. The van der Waals surface area contributed by atoms with Crippen LogP contribution < -0.4 is 5.32 Å². The lowest BCUT2D eigenvalue weighted by Gasteiger charge is -2.15. The van der Waals surface area contributed by atoms with Crippen molar-refractivity contribution in [2.24, 2.45) is 0 Å². The monoisotopic (exact) mass is 433 g/mol. The van der Waals surface area contributed by atoms with Crippen molar-refractivity contribution in [3.05, 3.63) is 49.0 Å². The van der Waals surface area contributed by atoms with Gasteiger partial charge in [0.05, 0.1) is 25.0 Å². The first-order valence-electron chi connectivity index (χ1n) is 6.54. The fourth-order valence-corrected chi connectivity index (χ4v) is 4.17. The SMILES string of the molecule is Cc1cc(Br)c(NCC(O)COCc2cccs2)c(Br)c1. The highest BCUT2D eigenvalue weighted by molar-refractivity contribution is 9.11. The molecule has 114 valence electrons. The van der Waals surface area contributed by atoms with Gasteiger partial charge in [-0.05, 0) is 67.9 Å². The highest BCUT2D eigenvalue weighted by Gasteiger charge is 2.09. The van der Waals surface area contributed by atoms with Gasteiger partial charge in [-0.1, -0.05) is 6.07 Å². The van der Waals surface area contributed by atoms with Crippen molar-refractivity contribution in [2.45, 2.75) is 19.6 Å². The number of ether oxygens (including phenoxy) is 1. The van der Waals surface area contributed by atoms with Crippen LogP contribution in [0.3, 0.4) is 0 Å². The molecule has 0 aliphatic rings. The minimum atomic E-state index is -0.551. The molecule has 0 radical (unpaired) electrons. The third kappa shape index (κ3) is 5.38. The molecule has 2 aromatic rings. The molecule has 1 unspecified atom stereocenters. The third-order valence-electron chi connectivity index (χ3n) is 2.84. The smallest absolute Gasteiger partial charge is 0.0945 e. The number of thiophene rings is 1. The molecule has 1 heterocycles. The molecule has 21 heavy (non-hydrogen) atoms. The van der Waals surface area contributed by atoms with E-state index in [4.69, 9.17) is 4.74 Å². The third-order valence-corrected chi connectivity index (χ3v) is 4.94. The minimum Gasteiger partial charge on any atom is -0.389 e. The molecular weight excluding hydrogens is 418 g/mol. The van der Waals surface area contributed by atoms with E-state index >= 15 is 0 Å². The van der Waals surface area contributed by atoms with E-state index < -0.39 is 6.10 Å². The molecule has 1 atom stereocenters. The van der Waals surface area contributed by atoms with Gasteiger partial charge in [-0.2, -0.15) is 0 Å². The number of halogens is 2. The van der Waals surface area contributed by atoms with Crippen molar-refractivity contribution in [1.29, 1.82) is 0 Å². The summed E-state index contributed by atoms with van der Waals surface area (Å²) in [6.45, 7) is 3.33. The van der Waals surface area contributed by atoms with Crippen molar-refractivity contribution in [2.75, 3.05) is 18.5 Å². The first kappa shape index (κ1) is 17.0. The lowest BCUT2D eigenvalue weighted by atomic mass is 10.2. The van der Waals surface area contributed by atoms with Gasteiger partial charge in [-0.25, -0.2) is 0 Å². The topological polar surface area (TPSA) is 41.5 Å². The number of anilines is 1. The Morgan fingerprint density at radius 1 is 1.33 bits per heavy atom. The second-order valence-electron chi connectivity index (χ2n) is 4.73. The van der Waals surface area contributed by atoms with E-state index in [9.17, 15) is 5.11 Å². The molecule has 0 bridgehead atoms. The van der Waals surface area contributed by atoms with Gasteiger partial charge in [0.1, 0.15) is 0 Å². The average Bonchev–Trinajstić information content (AvgIpc) is 2.90. The first-order valence-corrected chi connectivity index (χ1v) is 9.00.